The molecule has 1 heterocycles. The second-order valence-corrected chi connectivity index (χ2v) is 5.37. The summed E-state index contributed by atoms with van der Waals surface area (Å²) >= 11 is 2.55. The molecular formula is C10H19IO. The van der Waals surface area contributed by atoms with E-state index in [1.54, 1.807) is 0 Å². The van der Waals surface area contributed by atoms with Crippen LogP contribution in [-0.4, -0.2) is 16.6 Å². The van der Waals surface area contributed by atoms with Crippen LogP contribution in [-0.2, 0) is 4.74 Å². The van der Waals surface area contributed by atoms with E-state index in [9.17, 15) is 0 Å². The molecule has 0 aromatic rings. The lowest BCUT2D eigenvalue weighted by atomic mass is 10.0. The van der Waals surface area contributed by atoms with E-state index >= 15 is 0 Å². The summed E-state index contributed by atoms with van der Waals surface area (Å²) in [6.07, 6.45) is 8.44. The molecule has 1 unspecified atom stereocenters. The molecule has 1 rings (SSSR count). The highest BCUT2D eigenvalue weighted by atomic mass is 127. The molecule has 0 saturated carbocycles. The van der Waals surface area contributed by atoms with Gasteiger partial charge in [-0.05, 0) is 19.3 Å². The summed E-state index contributed by atoms with van der Waals surface area (Å²) in [5, 5.41) is 0. The molecule has 0 aliphatic carbocycles. The summed E-state index contributed by atoms with van der Waals surface area (Å²) in [5.41, 5.74) is 0. The fraction of sp³-hybridized carbons (Fsp3) is 1.00. The number of alkyl halides is 1. The van der Waals surface area contributed by atoms with Crippen LogP contribution < -0.4 is 0 Å². The Balaban J connectivity index is 2.06. The molecule has 1 nitrogen and oxygen atoms in total. The van der Waals surface area contributed by atoms with Crippen LogP contribution in [0.25, 0.3) is 0 Å². The molecular weight excluding hydrogens is 263 g/mol. The topological polar surface area (TPSA) is 9.23 Å². The number of hydrogen-bond donors (Lipinski definition) is 0. The van der Waals surface area contributed by atoms with Crippen molar-refractivity contribution < 1.29 is 4.74 Å². The number of ether oxygens (including phenoxy) is 1. The molecule has 1 fully saturated rings. The first-order chi connectivity index (χ1) is 5.83. The van der Waals surface area contributed by atoms with E-state index in [0.717, 1.165) is 10.5 Å². The van der Waals surface area contributed by atoms with Crippen molar-refractivity contribution in [2.75, 3.05) is 6.61 Å². The minimum atomic E-state index is 0.576. The average molecular weight is 282 g/mol. The largest absolute Gasteiger partial charge is 0.378 e. The lowest BCUT2D eigenvalue weighted by Crippen LogP contribution is -2.25. The Kier molecular flexibility index (Phi) is 5.56. The van der Waals surface area contributed by atoms with Crippen molar-refractivity contribution in [1.29, 1.82) is 0 Å². The third kappa shape index (κ3) is 4.08. The van der Waals surface area contributed by atoms with Crippen LogP contribution in [0.2, 0.25) is 0 Å². The first-order valence-corrected chi connectivity index (χ1v) is 6.33. The van der Waals surface area contributed by atoms with Gasteiger partial charge in [-0.3, -0.25) is 0 Å². The van der Waals surface area contributed by atoms with Crippen molar-refractivity contribution in [3.63, 3.8) is 0 Å². The van der Waals surface area contributed by atoms with E-state index in [2.05, 4.69) is 29.5 Å². The van der Waals surface area contributed by atoms with Crippen molar-refractivity contribution in [3.8, 4) is 0 Å². The van der Waals surface area contributed by atoms with Gasteiger partial charge in [0.05, 0.1) is 6.10 Å². The van der Waals surface area contributed by atoms with Crippen molar-refractivity contribution in [3.05, 3.63) is 0 Å². The summed E-state index contributed by atoms with van der Waals surface area (Å²) in [6.45, 7) is 3.24. The summed E-state index contributed by atoms with van der Waals surface area (Å²) in [4.78, 5) is 0. The molecule has 12 heavy (non-hydrogen) atoms. The van der Waals surface area contributed by atoms with Gasteiger partial charge in [-0.15, -0.1) is 0 Å². The summed E-state index contributed by atoms with van der Waals surface area (Å²) < 4.78 is 6.55. The summed E-state index contributed by atoms with van der Waals surface area (Å²) in [5.74, 6) is 0. The standard InChI is InChI=1S/C10H19IO/c1-2-3-4-5-10-8-9(11)6-7-12-10/h9-10H,2-8H2,1H3/t9-,10?/m0/s1. The second-order valence-electron chi connectivity index (χ2n) is 3.61. The van der Waals surface area contributed by atoms with Gasteiger partial charge in [-0.1, -0.05) is 48.8 Å². The Hall–Kier alpha value is 0.690. The van der Waals surface area contributed by atoms with Crippen LogP contribution in [0, 0.1) is 0 Å². The molecule has 1 saturated heterocycles. The van der Waals surface area contributed by atoms with Gasteiger partial charge >= 0.3 is 0 Å². The Morgan fingerprint density at radius 1 is 1.42 bits per heavy atom. The normalized spacial score (nSPS) is 30.5. The zero-order valence-corrected chi connectivity index (χ0v) is 10.0. The fourth-order valence-electron chi connectivity index (χ4n) is 1.66. The Morgan fingerprint density at radius 3 is 2.92 bits per heavy atom. The molecule has 0 aromatic heterocycles. The molecule has 0 amide bonds. The first-order valence-electron chi connectivity index (χ1n) is 5.08. The number of hydrogen-bond acceptors (Lipinski definition) is 1. The van der Waals surface area contributed by atoms with Crippen molar-refractivity contribution in [2.45, 2.75) is 55.5 Å². The highest BCUT2D eigenvalue weighted by Crippen LogP contribution is 2.23. The predicted octanol–water partition coefficient (Wildman–Crippen LogP) is 3.55. The number of rotatable bonds is 4. The molecule has 72 valence electrons. The zero-order chi connectivity index (χ0) is 8.81. The molecule has 0 bridgehead atoms. The van der Waals surface area contributed by atoms with Gasteiger partial charge in [0.25, 0.3) is 0 Å². The van der Waals surface area contributed by atoms with E-state index in [-0.39, 0.29) is 0 Å². The molecule has 0 spiro atoms. The van der Waals surface area contributed by atoms with Gasteiger partial charge in [0.1, 0.15) is 0 Å². The Bertz CT molecular complexity index is 116. The van der Waals surface area contributed by atoms with Crippen LogP contribution in [0.4, 0.5) is 0 Å². The lowest BCUT2D eigenvalue weighted by Gasteiger charge is -2.26. The van der Waals surface area contributed by atoms with Gasteiger partial charge in [0.15, 0.2) is 0 Å². The van der Waals surface area contributed by atoms with Gasteiger partial charge < -0.3 is 4.74 Å². The monoisotopic (exact) mass is 282 g/mol. The van der Waals surface area contributed by atoms with Crippen molar-refractivity contribution in [2.24, 2.45) is 0 Å². The third-order valence-electron chi connectivity index (χ3n) is 2.43. The van der Waals surface area contributed by atoms with Gasteiger partial charge in [-0.2, -0.15) is 0 Å². The number of halogens is 1. The van der Waals surface area contributed by atoms with E-state index in [1.165, 1.54) is 38.5 Å². The minimum absolute atomic E-state index is 0.576. The highest BCUT2D eigenvalue weighted by molar-refractivity contribution is 14.1. The molecule has 0 radical (unpaired) electrons. The van der Waals surface area contributed by atoms with Crippen LogP contribution in [0.3, 0.4) is 0 Å². The van der Waals surface area contributed by atoms with Crippen LogP contribution >= 0.6 is 22.6 Å². The second kappa shape index (κ2) is 6.19. The third-order valence-corrected chi connectivity index (χ3v) is 3.56. The molecule has 1 aliphatic rings. The Labute approximate surface area is 89.4 Å². The lowest BCUT2D eigenvalue weighted by molar-refractivity contribution is 0.0146. The zero-order valence-electron chi connectivity index (χ0n) is 7.89. The molecule has 2 heteroatoms. The van der Waals surface area contributed by atoms with Gasteiger partial charge in [0, 0.05) is 10.5 Å². The van der Waals surface area contributed by atoms with Crippen LogP contribution in [0.1, 0.15) is 45.4 Å². The van der Waals surface area contributed by atoms with Crippen LogP contribution in [0.15, 0.2) is 0 Å². The van der Waals surface area contributed by atoms with Crippen molar-refractivity contribution >= 4 is 22.6 Å². The molecule has 1 aliphatic heterocycles. The van der Waals surface area contributed by atoms with Crippen molar-refractivity contribution in [1.82, 2.24) is 0 Å². The maximum atomic E-state index is 5.69. The minimum Gasteiger partial charge on any atom is -0.378 e. The molecule has 0 aromatic carbocycles. The van der Waals surface area contributed by atoms with E-state index in [0.29, 0.717) is 6.10 Å². The predicted molar refractivity (Wildman–Crippen MR) is 60.9 cm³/mol. The highest BCUT2D eigenvalue weighted by Gasteiger charge is 2.19. The fourth-order valence-corrected chi connectivity index (χ4v) is 2.48. The van der Waals surface area contributed by atoms with Crippen LogP contribution in [0.5, 0.6) is 0 Å². The molecule has 0 N–H and O–H groups in total. The quantitative estimate of drug-likeness (QED) is 0.435. The van der Waals surface area contributed by atoms with E-state index < -0.39 is 0 Å². The van der Waals surface area contributed by atoms with Gasteiger partial charge in [0.2, 0.25) is 0 Å². The maximum absolute atomic E-state index is 5.69. The van der Waals surface area contributed by atoms with E-state index in [1.807, 2.05) is 0 Å². The maximum Gasteiger partial charge on any atom is 0.0585 e. The van der Waals surface area contributed by atoms with Gasteiger partial charge in [-0.25, -0.2) is 0 Å². The Morgan fingerprint density at radius 2 is 2.25 bits per heavy atom. The smallest absolute Gasteiger partial charge is 0.0585 e. The number of unbranched alkanes of at least 4 members (excludes halogenated alkanes) is 2. The first kappa shape index (κ1) is 10.8. The SMILES string of the molecule is CCCCCC1C[C@@H](I)CCO1. The summed E-state index contributed by atoms with van der Waals surface area (Å²) in [6, 6.07) is 0. The van der Waals surface area contributed by atoms with E-state index in [4.69, 9.17) is 4.74 Å². The average Bonchev–Trinajstić information content (AvgIpc) is 2.05. The summed E-state index contributed by atoms with van der Waals surface area (Å²) in [7, 11) is 0. The molecule has 2 atom stereocenters.